The topological polar surface area (TPSA) is 17.8 Å². The van der Waals surface area contributed by atoms with E-state index in [2.05, 4.69) is 25.5 Å². The number of aryl methyl sites for hydroxylation is 2. The van der Waals surface area contributed by atoms with Gasteiger partial charge in [-0.3, -0.25) is 0 Å². The van der Waals surface area contributed by atoms with E-state index in [0.717, 1.165) is 44.6 Å². The third-order valence-corrected chi connectivity index (χ3v) is 4.65. The Morgan fingerprint density at radius 2 is 1.74 bits per heavy atom. The van der Waals surface area contributed by atoms with E-state index in [-0.39, 0.29) is 0 Å². The highest BCUT2D eigenvalue weighted by molar-refractivity contribution is 9.10. The Bertz CT molecular complexity index is 864. The smallest absolute Gasteiger partial charge is 0.339 e. The fourth-order valence-corrected chi connectivity index (χ4v) is 2.88. The summed E-state index contributed by atoms with van der Waals surface area (Å²) in [6.07, 6.45) is -4.30. The van der Waals surface area contributed by atoms with Crippen LogP contribution in [0.4, 0.5) is 13.2 Å². The molecule has 0 saturated carbocycles. The lowest BCUT2D eigenvalue weighted by molar-refractivity contribution is -0.137. The predicted octanol–water partition coefficient (Wildman–Crippen LogP) is 5.48. The van der Waals surface area contributed by atoms with Crippen LogP contribution in [0.3, 0.4) is 0 Å². The highest BCUT2D eigenvalue weighted by Gasteiger charge is 2.29. The van der Waals surface area contributed by atoms with Gasteiger partial charge in [0.05, 0.1) is 16.6 Å². The van der Waals surface area contributed by atoms with Crippen molar-refractivity contribution in [1.29, 1.82) is 0 Å². The molecule has 0 fully saturated rings. The minimum atomic E-state index is -4.30. The maximum Gasteiger partial charge on any atom is 0.416 e. The van der Waals surface area contributed by atoms with Crippen LogP contribution in [0.5, 0.6) is 0 Å². The molecule has 120 valence electrons. The standard InChI is InChI=1S/C17H14BrF3N2/c1-10-7-15-14(22-16(10)18)8-11(2)23(15)9-12-3-5-13(6-4-12)17(19,20)21/h3-8H,9H2,1-2H3. The Hall–Kier alpha value is -1.82. The van der Waals surface area contributed by atoms with Crippen molar-refractivity contribution < 1.29 is 13.2 Å². The minimum Gasteiger partial charge on any atom is -0.339 e. The van der Waals surface area contributed by atoms with Gasteiger partial charge in [-0.1, -0.05) is 12.1 Å². The molecule has 3 aromatic rings. The summed E-state index contributed by atoms with van der Waals surface area (Å²) in [5.74, 6) is 0. The summed E-state index contributed by atoms with van der Waals surface area (Å²) >= 11 is 3.42. The summed E-state index contributed by atoms with van der Waals surface area (Å²) in [5.41, 5.74) is 4.07. The number of pyridine rings is 1. The maximum absolute atomic E-state index is 12.6. The molecule has 0 bridgehead atoms. The molecule has 0 aliphatic rings. The second kappa shape index (κ2) is 5.67. The van der Waals surface area contributed by atoms with Crippen LogP contribution in [0, 0.1) is 13.8 Å². The lowest BCUT2D eigenvalue weighted by atomic mass is 10.1. The molecule has 0 saturated heterocycles. The summed E-state index contributed by atoms with van der Waals surface area (Å²) in [6.45, 7) is 4.44. The first-order valence-electron chi connectivity index (χ1n) is 7.05. The van der Waals surface area contributed by atoms with Crippen LogP contribution in [0.1, 0.15) is 22.4 Å². The number of benzene rings is 1. The van der Waals surface area contributed by atoms with E-state index in [0.29, 0.717) is 6.54 Å². The summed E-state index contributed by atoms with van der Waals surface area (Å²) in [5, 5.41) is 0. The highest BCUT2D eigenvalue weighted by Crippen LogP contribution is 2.30. The van der Waals surface area contributed by atoms with E-state index in [1.54, 1.807) is 0 Å². The van der Waals surface area contributed by atoms with E-state index in [4.69, 9.17) is 0 Å². The fraction of sp³-hybridized carbons (Fsp3) is 0.235. The molecule has 2 aromatic heterocycles. The maximum atomic E-state index is 12.6. The molecule has 3 rings (SSSR count). The zero-order valence-corrected chi connectivity index (χ0v) is 14.2. The van der Waals surface area contributed by atoms with Gasteiger partial charge in [0.2, 0.25) is 0 Å². The van der Waals surface area contributed by atoms with Crippen LogP contribution in [-0.4, -0.2) is 9.55 Å². The van der Waals surface area contributed by atoms with Gasteiger partial charge in [0, 0.05) is 12.2 Å². The molecular weight excluding hydrogens is 369 g/mol. The van der Waals surface area contributed by atoms with Crippen LogP contribution in [0.15, 0.2) is 41.0 Å². The van der Waals surface area contributed by atoms with Gasteiger partial charge in [-0.05, 0) is 65.2 Å². The first-order valence-corrected chi connectivity index (χ1v) is 7.84. The third-order valence-electron chi connectivity index (χ3n) is 3.84. The molecule has 0 atom stereocenters. The zero-order valence-electron chi connectivity index (χ0n) is 12.6. The van der Waals surface area contributed by atoms with Gasteiger partial charge in [0.25, 0.3) is 0 Å². The van der Waals surface area contributed by atoms with Crippen molar-refractivity contribution in [3.63, 3.8) is 0 Å². The fourth-order valence-electron chi connectivity index (χ4n) is 2.57. The molecule has 0 spiro atoms. The number of aromatic nitrogens is 2. The molecule has 0 aliphatic carbocycles. The molecule has 0 amide bonds. The van der Waals surface area contributed by atoms with E-state index in [9.17, 15) is 13.2 Å². The molecule has 0 radical (unpaired) electrons. The molecule has 23 heavy (non-hydrogen) atoms. The Balaban J connectivity index is 1.98. The van der Waals surface area contributed by atoms with Gasteiger partial charge in [0.15, 0.2) is 0 Å². The first-order chi connectivity index (χ1) is 10.8. The Morgan fingerprint density at radius 3 is 2.35 bits per heavy atom. The minimum absolute atomic E-state index is 0.510. The van der Waals surface area contributed by atoms with Gasteiger partial charge >= 0.3 is 6.18 Å². The van der Waals surface area contributed by atoms with Crippen molar-refractivity contribution in [3.8, 4) is 0 Å². The lowest BCUT2D eigenvalue weighted by Crippen LogP contribution is -2.06. The van der Waals surface area contributed by atoms with Crippen LogP contribution in [0.2, 0.25) is 0 Å². The molecule has 0 N–H and O–H groups in total. The number of hydrogen-bond acceptors (Lipinski definition) is 1. The van der Waals surface area contributed by atoms with Crippen molar-refractivity contribution in [2.45, 2.75) is 26.6 Å². The molecule has 2 heterocycles. The average Bonchev–Trinajstić information content (AvgIpc) is 2.75. The number of rotatable bonds is 2. The second-order valence-corrected chi connectivity index (χ2v) is 6.32. The summed E-state index contributed by atoms with van der Waals surface area (Å²) in [7, 11) is 0. The third kappa shape index (κ3) is 3.13. The largest absolute Gasteiger partial charge is 0.416 e. The Kier molecular flexibility index (Phi) is 3.96. The Labute approximate surface area is 140 Å². The van der Waals surface area contributed by atoms with Crippen molar-refractivity contribution in [2.24, 2.45) is 0 Å². The number of alkyl halides is 3. The van der Waals surface area contributed by atoms with Crippen molar-refractivity contribution in [3.05, 3.63) is 63.4 Å². The van der Waals surface area contributed by atoms with Crippen molar-refractivity contribution in [2.75, 3.05) is 0 Å². The molecule has 0 aliphatic heterocycles. The number of halogens is 4. The normalized spacial score (nSPS) is 12.1. The number of hydrogen-bond donors (Lipinski definition) is 0. The monoisotopic (exact) mass is 382 g/mol. The van der Waals surface area contributed by atoms with E-state index in [1.807, 2.05) is 26.0 Å². The molecule has 1 aromatic carbocycles. The van der Waals surface area contributed by atoms with Gasteiger partial charge in [-0.25, -0.2) is 4.98 Å². The van der Waals surface area contributed by atoms with E-state index >= 15 is 0 Å². The number of nitrogens with zero attached hydrogens (tertiary/aromatic N) is 2. The number of fused-ring (bicyclic) bond motifs is 1. The molecule has 2 nitrogen and oxygen atoms in total. The average molecular weight is 383 g/mol. The van der Waals surface area contributed by atoms with Gasteiger partial charge in [-0.2, -0.15) is 13.2 Å². The van der Waals surface area contributed by atoms with E-state index in [1.165, 1.54) is 12.1 Å². The van der Waals surface area contributed by atoms with Crippen molar-refractivity contribution >= 4 is 27.0 Å². The van der Waals surface area contributed by atoms with Gasteiger partial charge in [0.1, 0.15) is 4.60 Å². The zero-order chi connectivity index (χ0) is 16.8. The van der Waals surface area contributed by atoms with Crippen LogP contribution < -0.4 is 0 Å². The molecular formula is C17H14BrF3N2. The summed E-state index contributed by atoms with van der Waals surface area (Å²) in [4.78, 5) is 4.49. The quantitative estimate of drug-likeness (QED) is 0.536. The SMILES string of the molecule is Cc1cc2c(cc(C)n2Cc2ccc(C(F)(F)F)cc2)nc1Br. The van der Waals surface area contributed by atoms with Crippen LogP contribution in [0.25, 0.3) is 11.0 Å². The lowest BCUT2D eigenvalue weighted by Gasteiger charge is -2.11. The van der Waals surface area contributed by atoms with Gasteiger partial charge < -0.3 is 4.57 Å². The van der Waals surface area contributed by atoms with E-state index < -0.39 is 11.7 Å². The summed E-state index contributed by atoms with van der Waals surface area (Å²) in [6, 6.07) is 9.29. The Morgan fingerprint density at radius 1 is 1.09 bits per heavy atom. The predicted molar refractivity (Wildman–Crippen MR) is 87.5 cm³/mol. The van der Waals surface area contributed by atoms with Crippen LogP contribution >= 0.6 is 15.9 Å². The first kappa shape index (κ1) is 16.1. The van der Waals surface area contributed by atoms with Gasteiger partial charge in [-0.15, -0.1) is 0 Å². The molecule has 6 heteroatoms. The van der Waals surface area contributed by atoms with Crippen LogP contribution in [-0.2, 0) is 12.7 Å². The summed E-state index contributed by atoms with van der Waals surface area (Å²) < 4.78 is 40.8. The highest BCUT2D eigenvalue weighted by atomic mass is 79.9. The molecule has 0 unspecified atom stereocenters. The van der Waals surface area contributed by atoms with Crippen molar-refractivity contribution in [1.82, 2.24) is 9.55 Å². The second-order valence-electron chi connectivity index (χ2n) is 5.57.